The van der Waals surface area contributed by atoms with Crippen molar-refractivity contribution in [3.63, 3.8) is 0 Å². The van der Waals surface area contributed by atoms with Gasteiger partial charge < -0.3 is 14.7 Å². The number of carboxylic acids is 1. The minimum atomic E-state index is -1.01. The first kappa shape index (κ1) is 17.7. The normalized spacial score (nSPS) is 22.8. The van der Waals surface area contributed by atoms with Gasteiger partial charge in [0, 0.05) is 5.70 Å². The molecule has 2 heterocycles. The summed E-state index contributed by atoms with van der Waals surface area (Å²) in [6.45, 7) is 1.70. The number of carbonyl (C=O) groups excluding carboxylic acids is 2. The summed E-state index contributed by atoms with van der Waals surface area (Å²) in [4.78, 5) is 38.2. The average Bonchev–Trinajstić information content (AvgIpc) is 3.12. The summed E-state index contributed by atoms with van der Waals surface area (Å²) in [5, 5.41) is 9.07. The quantitative estimate of drug-likeness (QED) is 0.811. The van der Waals surface area contributed by atoms with Crippen LogP contribution in [0, 0.1) is 0 Å². The number of ketones is 1. The Labute approximate surface area is 153 Å². The van der Waals surface area contributed by atoms with Gasteiger partial charge in [-0.05, 0) is 42.7 Å². The summed E-state index contributed by atoms with van der Waals surface area (Å²) >= 11 is 7.31. The van der Waals surface area contributed by atoms with E-state index in [1.807, 2.05) is 0 Å². The Kier molecular flexibility index (Phi) is 4.71. The van der Waals surface area contributed by atoms with Gasteiger partial charge in [-0.15, -0.1) is 11.6 Å². The molecule has 0 saturated heterocycles. The van der Waals surface area contributed by atoms with Gasteiger partial charge in [-0.3, -0.25) is 14.4 Å². The van der Waals surface area contributed by atoms with Crippen molar-refractivity contribution < 1.29 is 24.2 Å². The maximum absolute atomic E-state index is 13.0. The zero-order valence-corrected chi connectivity index (χ0v) is 15.2. The first-order chi connectivity index (χ1) is 11.8. The predicted octanol–water partition coefficient (Wildman–Crippen LogP) is 2.84. The molecule has 1 aliphatic carbocycles. The summed E-state index contributed by atoms with van der Waals surface area (Å²) in [6.07, 6.45) is 1.41. The lowest BCUT2D eigenvalue weighted by molar-refractivity contribution is -0.136. The first-order valence-electron chi connectivity index (χ1n) is 7.62. The van der Waals surface area contributed by atoms with Crippen LogP contribution in [0.15, 0.2) is 35.1 Å². The second-order valence-electron chi connectivity index (χ2n) is 5.85. The minimum Gasteiger partial charge on any atom is -0.487 e. The molecule has 8 heteroatoms. The number of hydrogen-bond donors (Lipinski definition) is 1. The van der Waals surface area contributed by atoms with Crippen molar-refractivity contribution in [3.05, 3.63) is 39.9 Å². The number of amides is 1. The van der Waals surface area contributed by atoms with Crippen molar-refractivity contribution in [3.8, 4) is 5.06 Å². The van der Waals surface area contributed by atoms with Crippen molar-refractivity contribution >= 4 is 40.6 Å². The molecule has 1 aliphatic heterocycles. The van der Waals surface area contributed by atoms with Gasteiger partial charge in [-0.2, -0.15) is 0 Å². The number of carbonyl (C=O) groups is 3. The molecule has 2 atom stereocenters. The largest absolute Gasteiger partial charge is 0.487 e. The Morgan fingerprint density at radius 2 is 2.16 bits per heavy atom. The number of fused-ring (bicyclic) bond motifs is 1. The molecule has 0 radical (unpaired) electrons. The molecule has 2 aliphatic rings. The van der Waals surface area contributed by atoms with Crippen LogP contribution < -0.4 is 4.74 Å². The number of halogens is 1. The third kappa shape index (κ3) is 3.09. The van der Waals surface area contributed by atoms with Crippen molar-refractivity contribution in [2.24, 2.45) is 0 Å². The van der Waals surface area contributed by atoms with Crippen LogP contribution in [-0.4, -0.2) is 46.2 Å². The summed E-state index contributed by atoms with van der Waals surface area (Å²) in [5.74, 6) is -1.52. The number of rotatable bonds is 4. The standard InChI is InChI=1S/C17H16ClNO5S/c1-8-9(6-15(21)22)10-5-13(20)11(18)7-12(10)19(8)17(23)14-3-4-16(24-2)25-14/h3-5,11-12H,6-7H2,1-2H3,(H,21,22). The number of allylic oxidation sites excluding steroid dienone is 2. The number of methoxy groups -OCH3 is 1. The molecule has 25 heavy (non-hydrogen) atoms. The van der Waals surface area contributed by atoms with Gasteiger partial charge in [0.15, 0.2) is 10.8 Å². The lowest BCUT2D eigenvalue weighted by atomic mass is 9.89. The van der Waals surface area contributed by atoms with Crippen molar-refractivity contribution in [2.75, 3.05) is 7.11 Å². The van der Waals surface area contributed by atoms with Gasteiger partial charge in [-0.25, -0.2) is 0 Å². The van der Waals surface area contributed by atoms with E-state index in [1.165, 1.54) is 24.5 Å². The van der Waals surface area contributed by atoms with E-state index in [4.69, 9.17) is 16.3 Å². The molecule has 3 rings (SSSR count). The van der Waals surface area contributed by atoms with E-state index < -0.39 is 17.4 Å². The third-order valence-corrected chi connectivity index (χ3v) is 5.82. The fraction of sp³-hybridized carbons (Fsp3) is 0.353. The Morgan fingerprint density at radius 3 is 2.76 bits per heavy atom. The molecule has 1 N–H and O–H groups in total. The van der Waals surface area contributed by atoms with Crippen LogP contribution in [0.5, 0.6) is 5.06 Å². The molecule has 0 bridgehead atoms. The topological polar surface area (TPSA) is 83.9 Å². The molecule has 132 valence electrons. The summed E-state index contributed by atoms with van der Waals surface area (Å²) < 4.78 is 5.13. The number of thiophene rings is 1. The van der Waals surface area contributed by atoms with Crippen molar-refractivity contribution in [1.29, 1.82) is 0 Å². The molecule has 0 saturated carbocycles. The molecule has 2 unspecified atom stereocenters. The highest BCUT2D eigenvalue weighted by Gasteiger charge is 2.43. The number of nitrogens with zero attached hydrogens (tertiary/aromatic N) is 1. The minimum absolute atomic E-state index is 0.244. The van der Waals surface area contributed by atoms with Gasteiger partial charge in [-0.1, -0.05) is 11.3 Å². The molecule has 1 amide bonds. The maximum atomic E-state index is 13.0. The molecule has 1 aromatic rings. The monoisotopic (exact) mass is 381 g/mol. The van der Waals surface area contributed by atoms with Crippen LogP contribution in [0.1, 0.15) is 29.4 Å². The average molecular weight is 382 g/mol. The molecule has 1 aromatic heterocycles. The van der Waals surface area contributed by atoms with E-state index in [2.05, 4.69) is 0 Å². The van der Waals surface area contributed by atoms with E-state index in [-0.39, 0.29) is 24.5 Å². The SMILES string of the molecule is COc1ccc(C(=O)N2C(C)=C(CC(=O)O)C3=CC(=O)C(Cl)CC32)s1. The van der Waals surface area contributed by atoms with E-state index in [0.717, 1.165) is 0 Å². The van der Waals surface area contributed by atoms with Gasteiger partial charge in [0.2, 0.25) is 0 Å². The molecular formula is C17H16ClNO5S. The second-order valence-corrected chi connectivity index (χ2v) is 7.43. The van der Waals surface area contributed by atoms with Gasteiger partial charge in [0.1, 0.15) is 0 Å². The number of alkyl halides is 1. The van der Waals surface area contributed by atoms with Crippen LogP contribution >= 0.6 is 22.9 Å². The van der Waals surface area contributed by atoms with E-state index in [9.17, 15) is 19.5 Å². The summed E-state index contributed by atoms with van der Waals surface area (Å²) in [6, 6.07) is 2.95. The first-order valence-corrected chi connectivity index (χ1v) is 8.87. The lowest BCUT2D eigenvalue weighted by Crippen LogP contribution is -2.40. The Morgan fingerprint density at radius 1 is 1.44 bits per heavy atom. The number of ether oxygens (including phenoxy) is 1. The summed E-state index contributed by atoms with van der Waals surface area (Å²) in [5.41, 5.74) is 1.64. The molecule has 0 fully saturated rings. The van der Waals surface area contributed by atoms with Crippen LogP contribution in [0.4, 0.5) is 0 Å². The smallest absolute Gasteiger partial charge is 0.307 e. The molecule has 6 nitrogen and oxygen atoms in total. The van der Waals surface area contributed by atoms with Crippen LogP contribution in [0.25, 0.3) is 0 Å². The fourth-order valence-electron chi connectivity index (χ4n) is 3.24. The lowest BCUT2D eigenvalue weighted by Gasteiger charge is -2.30. The highest BCUT2D eigenvalue weighted by molar-refractivity contribution is 7.15. The molecule has 0 aromatic carbocycles. The fourth-order valence-corrected chi connectivity index (χ4v) is 4.23. The van der Waals surface area contributed by atoms with E-state index in [1.54, 1.807) is 24.0 Å². The maximum Gasteiger partial charge on any atom is 0.307 e. The number of aliphatic carboxylic acids is 1. The Hall–Kier alpha value is -2.12. The van der Waals surface area contributed by atoms with Crippen LogP contribution in [0.3, 0.4) is 0 Å². The van der Waals surface area contributed by atoms with Crippen molar-refractivity contribution in [1.82, 2.24) is 4.90 Å². The van der Waals surface area contributed by atoms with Crippen molar-refractivity contribution in [2.45, 2.75) is 31.2 Å². The zero-order valence-electron chi connectivity index (χ0n) is 13.6. The highest BCUT2D eigenvalue weighted by Crippen LogP contribution is 2.42. The third-order valence-electron chi connectivity index (χ3n) is 4.39. The van der Waals surface area contributed by atoms with Crippen LogP contribution in [-0.2, 0) is 9.59 Å². The Bertz CT molecular complexity index is 825. The highest BCUT2D eigenvalue weighted by atomic mass is 35.5. The molecular weight excluding hydrogens is 366 g/mol. The van der Waals surface area contributed by atoms with Gasteiger partial charge in [0.25, 0.3) is 5.91 Å². The predicted molar refractivity (Wildman–Crippen MR) is 93.1 cm³/mol. The number of hydrogen-bond acceptors (Lipinski definition) is 5. The van der Waals surface area contributed by atoms with Gasteiger partial charge >= 0.3 is 5.97 Å². The number of carboxylic acid groups (broad SMARTS) is 1. The van der Waals surface area contributed by atoms with E-state index in [0.29, 0.717) is 26.8 Å². The van der Waals surface area contributed by atoms with Gasteiger partial charge in [0.05, 0.1) is 29.8 Å². The summed E-state index contributed by atoms with van der Waals surface area (Å²) in [7, 11) is 1.53. The van der Waals surface area contributed by atoms with E-state index >= 15 is 0 Å². The second kappa shape index (κ2) is 6.65. The Balaban J connectivity index is 2.03. The molecule has 0 spiro atoms. The zero-order chi connectivity index (χ0) is 18.3. The van der Waals surface area contributed by atoms with Crippen LogP contribution in [0.2, 0.25) is 0 Å².